The average Bonchev–Trinajstić information content (AvgIpc) is 3.09. The molecule has 4 atom stereocenters. The molecule has 0 aromatic heterocycles. The van der Waals surface area contributed by atoms with Crippen molar-refractivity contribution in [2.24, 2.45) is 34.6 Å². The highest BCUT2D eigenvalue weighted by molar-refractivity contribution is 5.98. The first-order chi connectivity index (χ1) is 22.4. The molecule has 3 N–H and O–H groups in total. The second-order valence-corrected chi connectivity index (χ2v) is 15.0. The summed E-state index contributed by atoms with van der Waals surface area (Å²) in [5, 5.41) is 15.8. The zero-order valence-electron chi connectivity index (χ0n) is 28.0. The van der Waals surface area contributed by atoms with Crippen molar-refractivity contribution < 1.29 is 34.0 Å². The second kappa shape index (κ2) is 17.1. The molecule has 11 heteroatoms. The van der Waals surface area contributed by atoms with Crippen LogP contribution in [0.1, 0.15) is 129 Å². The Morgan fingerprint density at radius 3 is 2.04 bits per heavy atom. The van der Waals surface area contributed by atoms with Gasteiger partial charge >= 0.3 is 12.2 Å². The van der Waals surface area contributed by atoms with Gasteiger partial charge in [-0.25, -0.2) is 14.5 Å². The summed E-state index contributed by atoms with van der Waals surface area (Å²) >= 11 is 0. The number of carbonyl (C=O) groups is 3. The molecule has 3 amide bonds. The third kappa shape index (κ3) is 9.36. The summed E-state index contributed by atoms with van der Waals surface area (Å²) in [6, 6.07) is -0.218. The lowest BCUT2D eigenvalue weighted by molar-refractivity contribution is -0.347. The number of β-lactam (4-membered cyclic amide) rings is 1. The fourth-order valence-electron chi connectivity index (χ4n) is 8.74. The molecule has 5 fully saturated rings. The van der Waals surface area contributed by atoms with Gasteiger partial charge in [-0.2, -0.15) is 0 Å². The van der Waals surface area contributed by atoms with E-state index >= 15 is 0 Å². The molecule has 46 heavy (non-hydrogen) atoms. The first kappa shape index (κ1) is 34.9. The van der Waals surface area contributed by atoms with Crippen LogP contribution in [0, 0.1) is 29.6 Å². The fourth-order valence-corrected chi connectivity index (χ4v) is 8.74. The molecule has 3 saturated carbocycles. The maximum atomic E-state index is 12.9. The predicted molar refractivity (Wildman–Crippen MR) is 174 cm³/mol. The van der Waals surface area contributed by atoms with Crippen LogP contribution in [-0.4, -0.2) is 72.2 Å². The number of amides is 3. The molecular formula is C35H58N4O7. The minimum absolute atomic E-state index is 0.0158. The van der Waals surface area contributed by atoms with Crippen LogP contribution >= 0.6 is 0 Å². The van der Waals surface area contributed by atoms with Crippen LogP contribution in [0.4, 0.5) is 9.59 Å². The summed E-state index contributed by atoms with van der Waals surface area (Å²) in [4.78, 5) is 49.9. The first-order valence-corrected chi connectivity index (χ1v) is 18.4. The smallest absolute Gasteiger partial charge is 0.436 e. The van der Waals surface area contributed by atoms with E-state index in [9.17, 15) is 19.6 Å². The predicted octanol–water partition coefficient (Wildman–Crippen LogP) is 6.80. The molecular weight excluding hydrogens is 588 g/mol. The largest absolute Gasteiger partial charge is 0.449 e. The van der Waals surface area contributed by atoms with Crippen LogP contribution in [0.15, 0.2) is 4.99 Å². The summed E-state index contributed by atoms with van der Waals surface area (Å²) in [5.74, 6) is 1.20. The number of nitrogens with one attached hydrogen (secondary N) is 2. The molecule has 2 heterocycles. The van der Waals surface area contributed by atoms with Crippen LogP contribution in [0.3, 0.4) is 0 Å². The maximum absolute atomic E-state index is 12.9. The summed E-state index contributed by atoms with van der Waals surface area (Å²) in [5.41, 5.74) is -0.794. The molecule has 11 nitrogen and oxygen atoms in total. The Labute approximate surface area is 274 Å². The molecule has 2 unspecified atom stereocenters. The van der Waals surface area contributed by atoms with Crippen molar-refractivity contribution >= 4 is 24.1 Å². The lowest BCUT2D eigenvalue weighted by Gasteiger charge is -2.50. The van der Waals surface area contributed by atoms with Gasteiger partial charge in [0.05, 0.1) is 25.2 Å². The Balaban J connectivity index is 1.18. The van der Waals surface area contributed by atoms with Gasteiger partial charge in [-0.1, -0.05) is 57.8 Å². The monoisotopic (exact) mass is 646 g/mol. The van der Waals surface area contributed by atoms with Crippen LogP contribution in [0.25, 0.3) is 0 Å². The van der Waals surface area contributed by atoms with Gasteiger partial charge in [-0.15, -0.1) is 4.99 Å². The van der Waals surface area contributed by atoms with E-state index in [4.69, 9.17) is 14.4 Å². The van der Waals surface area contributed by atoms with Crippen molar-refractivity contribution in [1.29, 1.82) is 0 Å². The van der Waals surface area contributed by atoms with Gasteiger partial charge in [0, 0.05) is 13.1 Å². The number of likely N-dealkylation sites (tertiary alicyclic amines) is 1. The zero-order chi connectivity index (χ0) is 32.4. The molecule has 0 radical (unpaired) electrons. The number of rotatable bonds is 10. The molecule has 0 bridgehead atoms. The molecule has 2 aliphatic heterocycles. The van der Waals surface area contributed by atoms with E-state index in [-0.39, 0.29) is 35.7 Å². The van der Waals surface area contributed by atoms with Gasteiger partial charge in [-0.05, 0) is 94.8 Å². The number of aliphatic imine (C=N–C) groups is 1. The molecule has 2 saturated heterocycles. The number of hydrogen-bond donors (Lipinski definition) is 3. The van der Waals surface area contributed by atoms with Gasteiger partial charge in [0.15, 0.2) is 0 Å². The summed E-state index contributed by atoms with van der Waals surface area (Å²) in [7, 11) is 0. The Morgan fingerprint density at radius 1 is 0.848 bits per heavy atom. The van der Waals surface area contributed by atoms with Gasteiger partial charge < -0.3 is 19.7 Å². The number of alkyl carbamates (subject to hydrolysis) is 1. The molecule has 260 valence electrons. The Hall–Kier alpha value is -2.40. The average molecular weight is 647 g/mol. The van der Waals surface area contributed by atoms with E-state index in [1.165, 1.54) is 32.1 Å². The molecule has 3 aliphatic carbocycles. The standard InChI is InChI=1S/C35H58N4O7/c1-35(46-43,28-17-9-4-10-18-28)30-29(31(40)36-30)20-19-25-16-11-21-39(22-25)32(37-33(41)44-23-26-12-5-2-6-13-26)38-34(42)45-24-27-14-7-3-8-15-27/h25-30,43H,2-24H2,1H3,(H,36,40)(H,37,38,41,42)/t25?,29-,30?,35+/m1/s1. The topological polar surface area (TPSA) is 139 Å². The van der Waals surface area contributed by atoms with Crippen LogP contribution in [-0.2, 0) is 19.2 Å². The van der Waals surface area contributed by atoms with Crippen molar-refractivity contribution in [2.75, 3.05) is 26.3 Å². The van der Waals surface area contributed by atoms with Gasteiger partial charge in [0.25, 0.3) is 0 Å². The third-order valence-corrected chi connectivity index (χ3v) is 11.7. The van der Waals surface area contributed by atoms with Crippen LogP contribution in [0.2, 0.25) is 0 Å². The van der Waals surface area contributed by atoms with Gasteiger partial charge in [-0.3, -0.25) is 15.4 Å². The van der Waals surface area contributed by atoms with Crippen molar-refractivity contribution in [2.45, 2.75) is 141 Å². The highest BCUT2D eigenvalue weighted by atomic mass is 17.1. The fraction of sp³-hybridized carbons (Fsp3) is 0.886. The molecule has 0 spiro atoms. The highest BCUT2D eigenvalue weighted by Crippen LogP contribution is 2.43. The third-order valence-electron chi connectivity index (χ3n) is 11.7. The van der Waals surface area contributed by atoms with Crippen molar-refractivity contribution in [3.63, 3.8) is 0 Å². The maximum Gasteiger partial charge on any atom is 0.436 e. The molecule has 5 aliphatic rings. The van der Waals surface area contributed by atoms with Crippen LogP contribution in [0.5, 0.6) is 0 Å². The van der Waals surface area contributed by atoms with Gasteiger partial charge in [0.1, 0.15) is 5.60 Å². The van der Waals surface area contributed by atoms with E-state index < -0.39 is 17.8 Å². The zero-order valence-corrected chi connectivity index (χ0v) is 28.0. The van der Waals surface area contributed by atoms with E-state index in [0.29, 0.717) is 44.6 Å². The normalized spacial score (nSPS) is 28.5. The molecule has 5 rings (SSSR count). The van der Waals surface area contributed by atoms with Crippen molar-refractivity contribution in [1.82, 2.24) is 15.5 Å². The molecule has 0 aromatic carbocycles. The lowest BCUT2D eigenvalue weighted by Crippen LogP contribution is -2.70. The summed E-state index contributed by atoms with van der Waals surface area (Å²) in [6.07, 6.45) is 18.9. The Bertz CT molecular complexity index is 1040. The number of carbonyl (C=O) groups excluding carboxylic acids is 3. The second-order valence-electron chi connectivity index (χ2n) is 15.0. The van der Waals surface area contributed by atoms with E-state index in [1.54, 1.807) is 0 Å². The van der Waals surface area contributed by atoms with Crippen LogP contribution < -0.4 is 10.6 Å². The first-order valence-electron chi connectivity index (χ1n) is 18.4. The SMILES string of the molecule is C[C@](OO)(C1CCCCC1)C1NC(=O)[C@@H]1CCC1CCCN(/C(=N/C(=O)OCC2CCCCC2)NC(=O)OCC2CCCCC2)C1. The van der Waals surface area contributed by atoms with Gasteiger partial charge in [0.2, 0.25) is 11.9 Å². The minimum atomic E-state index is -0.794. The summed E-state index contributed by atoms with van der Waals surface area (Å²) in [6.45, 7) is 3.92. The van der Waals surface area contributed by atoms with E-state index in [1.807, 2.05) is 11.8 Å². The number of hydrogen-bond acceptors (Lipinski definition) is 7. The van der Waals surface area contributed by atoms with E-state index in [0.717, 1.165) is 83.5 Å². The molecule has 0 aromatic rings. The lowest BCUT2D eigenvalue weighted by atomic mass is 9.66. The number of guanidine groups is 1. The Morgan fingerprint density at radius 2 is 1.43 bits per heavy atom. The number of nitrogens with zero attached hydrogens (tertiary/aromatic N) is 2. The van der Waals surface area contributed by atoms with Crippen molar-refractivity contribution in [3.05, 3.63) is 0 Å². The number of ether oxygens (including phenoxy) is 2. The minimum Gasteiger partial charge on any atom is -0.449 e. The Kier molecular flexibility index (Phi) is 13.0. The summed E-state index contributed by atoms with van der Waals surface area (Å²) < 4.78 is 11.2. The highest BCUT2D eigenvalue weighted by Gasteiger charge is 2.54. The number of piperidine rings is 1. The quantitative estimate of drug-likeness (QED) is 0.0774. The van der Waals surface area contributed by atoms with Crippen molar-refractivity contribution in [3.8, 4) is 0 Å². The van der Waals surface area contributed by atoms with E-state index in [2.05, 4.69) is 15.6 Å².